The molecule has 0 bridgehead atoms. The van der Waals surface area contributed by atoms with Crippen LogP contribution in [0.1, 0.15) is 6.92 Å². The summed E-state index contributed by atoms with van der Waals surface area (Å²) in [6, 6.07) is 12.3. The second kappa shape index (κ2) is 6.21. The first-order valence-corrected chi connectivity index (χ1v) is 7.86. The molecule has 1 aliphatic rings. The van der Waals surface area contributed by atoms with Crippen LogP contribution in [0.2, 0.25) is 0 Å². The van der Waals surface area contributed by atoms with Gasteiger partial charge >= 0.3 is 12.1 Å². The first-order chi connectivity index (χ1) is 11.1. The standard InChI is InChI=1S/C16H15N3O3S/c1-2-22-16(21)18-10-7-8-14-12(9-10)19(15(17)20)11-5-3-4-6-13(11)23-14/h3-9H,2H2,1H3,(H2,17,20)(H,18,21). The monoisotopic (exact) mass is 329 g/mol. The zero-order chi connectivity index (χ0) is 16.4. The minimum Gasteiger partial charge on any atom is -0.450 e. The van der Waals surface area contributed by atoms with Crippen LogP contribution in [0, 0.1) is 0 Å². The third kappa shape index (κ3) is 2.95. The SMILES string of the molecule is CCOC(=O)Nc1ccc2c(c1)N(C(N)=O)c1ccccc1S2. The van der Waals surface area contributed by atoms with E-state index in [0.717, 1.165) is 15.5 Å². The molecule has 0 spiro atoms. The Balaban J connectivity index is 2.00. The van der Waals surface area contributed by atoms with Gasteiger partial charge in [0.25, 0.3) is 0 Å². The number of urea groups is 1. The summed E-state index contributed by atoms with van der Waals surface area (Å²) in [6.07, 6.45) is -0.540. The summed E-state index contributed by atoms with van der Waals surface area (Å²) in [7, 11) is 0. The van der Waals surface area contributed by atoms with Gasteiger partial charge in [0.2, 0.25) is 0 Å². The van der Waals surface area contributed by atoms with E-state index in [1.165, 1.54) is 4.90 Å². The third-order valence-electron chi connectivity index (χ3n) is 3.27. The number of nitrogens with zero attached hydrogens (tertiary/aromatic N) is 1. The van der Waals surface area contributed by atoms with Crippen LogP contribution in [-0.4, -0.2) is 18.7 Å². The summed E-state index contributed by atoms with van der Waals surface area (Å²) in [5.74, 6) is 0. The maximum absolute atomic E-state index is 11.9. The van der Waals surface area contributed by atoms with Gasteiger partial charge in [0.05, 0.1) is 18.0 Å². The van der Waals surface area contributed by atoms with Crippen molar-refractivity contribution < 1.29 is 14.3 Å². The highest BCUT2D eigenvalue weighted by atomic mass is 32.2. The van der Waals surface area contributed by atoms with Crippen molar-refractivity contribution in [2.45, 2.75) is 16.7 Å². The zero-order valence-corrected chi connectivity index (χ0v) is 13.2. The summed E-state index contributed by atoms with van der Waals surface area (Å²) in [6.45, 7) is 2.02. The first-order valence-electron chi connectivity index (χ1n) is 7.04. The van der Waals surface area contributed by atoms with Gasteiger partial charge < -0.3 is 10.5 Å². The van der Waals surface area contributed by atoms with Crippen LogP contribution in [0.3, 0.4) is 0 Å². The summed E-state index contributed by atoms with van der Waals surface area (Å²) in [4.78, 5) is 26.8. The lowest BCUT2D eigenvalue weighted by Crippen LogP contribution is -2.33. The van der Waals surface area contributed by atoms with Crippen molar-refractivity contribution in [3.05, 3.63) is 42.5 Å². The maximum Gasteiger partial charge on any atom is 0.411 e. The summed E-state index contributed by atoms with van der Waals surface area (Å²) < 4.78 is 4.86. The lowest BCUT2D eigenvalue weighted by atomic mass is 10.2. The number of benzene rings is 2. The van der Waals surface area contributed by atoms with E-state index in [9.17, 15) is 9.59 Å². The zero-order valence-electron chi connectivity index (χ0n) is 12.4. The molecular formula is C16H15N3O3S. The van der Waals surface area contributed by atoms with E-state index in [0.29, 0.717) is 11.4 Å². The Morgan fingerprint density at radius 2 is 1.91 bits per heavy atom. The molecule has 2 aromatic rings. The number of anilines is 3. The predicted octanol–water partition coefficient (Wildman–Crippen LogP) is 3.94. The number of fused-ring (bicyclic) bond motifs is 2. The lowest BCUT2D eigenvalue weighted by molar-refractivity contribution is 0.168. The second-order valence-electron chi connectivity index (χ2n) is 4.77. The highest BCUT2D eigenvalue weighted by Crippen LogP contribution is 2.48. The van der Waals surface area contributed by atoms with Crippen molar-refractivity contribution in [3.8, 4) is 0 Å². The van der Waals surface area contributed by atoms with Crippen molar-refractivity contribution in [1.29, 1.82) is 0 Å². The number of para-hydroxylation sites is 1. The molecule has 0 aromatic heterocycles. The number of rotatable bonds is 2. The number of ether oxygens (including phenoxy) is 1. The number of nitrogens with one attached hydrogen (secondary N) is 1. The summed E-state index contributed by atoms with van der Waals surface area (Å²) >= 11 is 1.55. The molecule has 2 aromatic carbocycles. The van der Waals surface area contributed by atoms with Crippen molar-refractivity contribution in [2.24, 2.45) is 5.73 Å². The fraction of sp³-hybridized carbons (Fsp3) is 0.125. The molecule has 3 N–H and O–H groups in total. The topological polar surface area (TPSA) is 84.7 Å². The molecule has 0 saturated heterocycles. The number of primary amides is 1. The second-order valence-corrected chi connectivity index (χ2v) is 5.86. The van der Waals surface area contributed by atoms with E-state index >= 15 is 0 Å². The highest BCUT2D eigenvalue weighted by molar-refractivity contribution is 7.99. The Morgan fingerprint density at radius 1 is 1.17 bits per heavy atom. The quantitative estimate of drug-likeness (QED) is 0.874. The van der Waals surface area contributed by atoms with Gasteiger partial charge in [-0.2, -0.15) is 0 Å². The molecule has 1 aliphatic heterocycles. The molecule has 6 nitrogen and oxygen atoms in total. The van der Waals surface area contributed by atoms with Gasteiger partial charge in [-0.05, 0) is 37.3 Å². The number of hydrogen-bond donors (Lipinski definition) is 2. The van der Waals surface area contributed by atoms with E-state index in [1.807, 2.05) is 30.3 Å². The minimum atomic E-state index is -0.577. The van der Waals surface area contributed by atoms with Crippen LogP contribution in [0.15, 0.2) is 52.3 Å². The Labute approximate surface area is 137 Å². The maximum atomic E-state index is 11.9. The molecule has 0 radical (unpaired) electrons. The van der Waals surface area contributed by atoms with Crippen molar-refractivity contribution >= 4 is 40.9 Å². The average Bonchev–Trinajstić information content (AvgIpc) is 2.52. The minimum absolute atomic E-state index is 0.285. The normalized spacial score (nSPS) is 12.1. The van der Waals surface area contributed by atoms with E-state index in [2.05, 4.69) is 5.32 Å². The Hall–Kier alpha value is -2.67. The molecule has 7 heteroatoms. The predicted molar refractivity (Wildman–Crippen MR) is 89.4 cm³/mol. The van der Waals surface area contributed by atoms with Crippen molar-refractivity contribution in [3.63, 3.8) is 0 Å². The van der Waals surface area contributed by atoms with Crippen molar-refractivity contribution in [2.75, 3.05) is 16.8 Å². The summed E-state index contributed by atoms with van der Waals surface area (Å²) in [5, 5.41) is 2.63. The number of carbonyl (C=O) groups excluding carboxylic acids is 2. The smallest absolute Gasteiger partial charge is 0.411 e. The molecule has 118 valence electrons. The van der Waals surface area contributed by atoms with Gasteiger partial charge in [-0.15, -0.1) is 0 Å². The molecule has 0 saturated carbocycles. The highest BCUT2D eigenvalue weighted by Gasteiger charge is 2.27. The fourth-order valence-electron chi connectivity index (χ4n) is 2.36. The average molecular weight is 329 g/mol. The van der Waals surface area contributed by atoms with Gasteiger partial charge in [-0.1, -0.05) is 23.9 Å². The first kappa shape index (κ1) is 15.2. The van der Waals surface area contributed by atoms with Gasteiger partial charge in [0.15, 0.2) is 0 Å². The van der Waals surface area contributed by atoms with E-state index in [1.54, 1.807) is 30.8 Å². The fourth-order valence-corrected chi connectivity index (χ4v) is 3.39. The molecule has 0 fully saturated rings. The van der Waals surface area contributed by atoms with E-state index < -0.39 is 12.1 Å². The van der Waals surface area contributed by atoms with Crippen LogP contribution < -0.4 is 16.0 Å². The molecule has 3 rings (SSSR count). The molecular weight excluding hydrogens is 314 g/mol. The molecule has 0 atom stereocenters. The van der Waals surface area contributed by atoms with Crippen molar-refractivity contribution in [1.82, 2.24) is 0 Å². The van der Waals surface area contributed by atoms with E-state index in [-0.39, 0.29) is 6.61 Å². The number of hydrogen-bond acceptors (Lipinski definition) is 4. The van der Waals surface area contributed by atoms with Crippen LogP contribution in [-0.2, 0) is 4.74 Å². The molecule has 0 aliphatic carbocycles. The Bertz CT molecular complexity index is 779. The van der Waals surface area contributed by atoms with Crippen LogP contribution in [0.5, 0.6) is 0 Å². The molecule has 1 heterocycles. The Morgan fingerprint density at radius 3 is 2.65 bits per heavy atom. The van der Waals surface area contributed by atoms with Gasteiger partial charge in [0, 0.05) is 15.5 Å². The molecule has 23 heavy (non-hydrogen) atoms. The molecule has 0 unspecified atom stereocenters. The molecule has 3 amide bonds. The lowest BCUT2D eigenvalue weighted by Gasteiger charge is -2.30. The summed E-state index contributed by atoms with van der Waals surface area (Å²) in [5.41, 5.74) is 7.46. The largest absolute Gasteiger partial charge is 0.450 e. The van der Waals surface area contributed by atoms with Crippen LogP contribution in [0.25, 0.3) is 0 Å². The number of amides is 3. The van der Waals surface area contributed by atoms with E-state index in [4.69, 9.17) is 10.5 Å². The van der Waals surface area contributed by atoms with Crippen LogP contribution in [0.4, 0.5) is 26.7 Å². The third-order valence-corrected chi connectivity index (χ3v) is 4.40. The number of carbonyl (C=O) groups is 2. The van der Waals surface area contributed by atoms with Gasteiger partial charge in [-0.3, -0.25) is 10.2 Å². The Kier molecular flexibility index (Phi) is 4.12. The van der Waals surface area contributed by atoms with Crippen LogP contribution >= 0.6 is 11.8 Å². The van der Waals surface area contributed by atoms with Gasteiger partial charge in [0.1, 0.15) is 0 Å². The van der Waals surface area contributed by atoms with Gasteiger partial charge in [-0.25, -0.2) is 9.59 Å². The number of nitrogens with two attached hydrogens (primary N) is 1.